The molecule has 1 aromatic carbocycles. The number of para-hydroxylation sites is 2. The number of nitrogens with one attached hydrogen (secondary N) is 2. The molecular formula is C15H23ClN4OS. The molecule has 4 N–H and O–H groups in total. The highest BCUT2D eigenvalue weighted by atomic mass is 35.5. The highest BCUT2D eigenvalue weighted by Crippen LogP contribution is 2.27. The minimum absolute atomic E-state index is 0. The fourth-order valence-corrected chi connectivity index (χ4v) is 2.60. The number of carbonyl (C=O) groups is 1. The molecule has 0 aliphatic rings. The third kappa shape index (κ3) is 5.51. The zero-order chi connectivity index (χ0) is 15.5. The summed E-state index contributed by atoms with van der Waals surface area (Å²) >= 11 is 1.56. The second-order valence-corrected chi connectivity index (χ2v) is 7.19. The number of carbonyl (C=O) groups excluding carboxylic acids is 1. The largest absolute Gasteiger partial charge is 0.354 e. The number of imidazole rings is 1. The minimum atomic E-state index is -0.384. The van der Waals surface area contributed by atoms with Crippen molar-refractivity contribution >= 4 is 41.1 Å². The fraction of sp³-hybridized carbons (Fsp3) is 0.467. The van der Waals surface area contributed by atoms with Crippen molar-refractivity contribution in [1.82, 2.24) is 15.3 Å². The number of hydrogen-bond donors (Lipinski definition) is 3. The van der Waals surface area contributed by atoms with Crippen molar-refractivity contribution in [2.75, 3.05) is 12.3 Å². The standard InChI is InChI=1S/C15H22N4OS.ClH/c1-10(21-8-13(20)17-9-15(2,3)16)14-18-11-6-4-5-7-12(11)19-14;/h4-7,10H,8-9,16H2,1-3H3,(H,17,20)(H,18,19);1H. The quantitative estimate of drug-likeness (QED) is 0.753. The summed E-state index contributed by atoms with van der Waals surface area (Å²) in [4.78, 5) is 19.6. The molecule has 0 aliphatic heterocycles. The van der Waals surface area contributed by atoms with Crippen LogP contribution in [0.4, 0.5) is 0 Å². The fourth-order valence-electron chi connectivity index (χ4n) is 1.82. The van der Waals surface area contributed by atoms with Gasteiger partial charge in [-0.3, -0.25) is 4.79 Å². The molecule has 2 rings (SSSR count). The molecule has 1 aromatic heterocycles. The van der Waals surface area contributed by atoms with E-state index in [2.05, 4.69) is 15.3 Å². The molecule has 0 radical (unpaired) electrons. The summed E-state index contributed by atoms with van der Waals surface area (Å²) in [6, 6.07) is 7.92. The normalized spacial score (nSPS) is 12.7. The predicted octanol–water partition coefficient (Wildman–Crippen LogP) is 2.63. The lowest BCUT2D eigenvalue weighted by Crippen LogP contribution is -2.45. The van der Waals surface area contributed by atoms with Gasteiger partial charge in [-0.2, -0.15) is 0 Å². The van der Waals surface area contributed by atoms with Gasteiger partial charge in [-0.05, 0) is 32.9 Å². The van der Waals surface area contributed by atoms with Crippen LogP contribution in [0.2, 0.25) is 0 Å². The average Bonchev–Trinajstić information content (AvgIpc) is 2.85. The van der Waals surface area contributed by atoms with E-state index in [-0.39, 0.29) is 29.1 Å². The van der Waals surface area contributed by atoms with Gasteiger partial charge in [-0.1, -0.05) is 12.1 Å². The van der Waals surface area contributed by atoms with E-state index in [4.69, 9.17) is 5.73 Å². The lowest BCUT2D eigenvalue weighted by molar-refractivity contribution is -0.118. The van der Waals surface area contributed by atoms with Crippen LogP contribution >= 0.6 is 24.2 Å². The van der Waals surface area contributed by atoms with Crippen LogP contribution in [0.3, 0.4) is 0 Å². The Morgan fingerprint density at radius 3 is 2.77 bits per heavy atom. The molecule has 22 heavy (non-hydrogen) atoms. The van der Waals surface area contributed by atoms with Gasteiger partial charge in [0.25, 0.3) is 0 Å². The lowest BCUT2D eigenvalue weighted by Gasteiger charge is -2.19. The molecule has 5 nitrogen and oxygen atoms in total. The Labute approximate surface area is 141 Å². The molecule has 0 spiro atoms. The number of thioether (sulfide) groups is 1. The Bertz CT molecular complexity index is 590. The van der Waals surface area contributed by atoms with Crippen molar-refractivity contribution in [3.05, 3.63) is 30.1 Å². The van der Waals surface area contributed by atoms with Crippen molar-refractivity contribution in [2.45, 2.75) is 31.6 Å². The second kappa shape index (κ2) is 7.85. The highest BCUT2D eigenvalue weighted by molar-refractivity contribution is 8.00. The number of H-pyrrole nitrogens is 1. The SMILES string of the molecule is CC(SCC(=O)NCC(C)(C)N)c1nc2ccccc2[nH]1.Cl. The summed E-state index contributed by atoms with van der Waals surface area (Å²) < 4.78 is 0. The number of benzene rings is 1. The molecule has 122 valence electrons. The van der Waals surface area contributed by atoms with Gasteiger partial charge in [0.15, 0.2) is 0 Å². The van der Waals surface area contributed by atoms with E-state index < -0.39 is 0 Å². The summed E-state index contributed by atoms with van der Waals surface area (Å²) in [5.74, 6) is 1.29. The average molecular weight is 343 g/mol. The molecule has 1 unspecified atom stereocenters. The zero-order valence-corrected chi connectivity index (χ0v) is 14.7. The molecule has 7 heteroatoms. The summed E-state index contributed by atoms with van der Waals surface area (Å²) in [7, 11) is 0. The summed E-state index contributed by atoms with van der Waals surface area (Å²) in [6.45, 7) is 6.29. The van der Waals surface area contributed by atoms with Gasteiger partial charge in [-0.25, -0.2) is 4.98 Å². The third-order valence-corrected chi connectivity index (χ3v) is 4.15. The number of amides is 1. The van der Waals surface area contributed by atoms with Crippen molar-refractivity contribution < 1.29 is 4.79 Å². The Balaban J connectivity index is 0.00000242. The van der Waals surface area contributed by atoms with E-state index in [1.54, 1.807) is 11.8 Å². The van der Waals surface area contributed by atoms with Crippen LogP contribution in [0.1, 0.15) is 31.8 Å². The van der Waals surface area contributed by atoms with Crippen molar-refractivity contribution in [2.24, 2.45) is 5.73 Å². The van der Waals surface area contributed by atoms with E-state index in [0.29, 0.717) is 12.3 Å². The number of hydrogen-bond acceptors (Lipinski definition) is 4. The van der Waals surface area contributed by atoms with Crippen LogP contribution < -0.4 is 11.1 Å². The minimum Gasteiger partial charge on any atom is -0.354 e. The van der Waals surface area contributed by atoms with E-state index >= 15 is 0 Å². The van der Waals surface area contributed by atoms with Crippen LogP contribution in [0.5, 0.6) is 0 Å². The first-order valence-corrected chi connectivity index (χ1v) is 8.02. The van der Waals surface area contributed by atoms with E-state index in [1.807, 2.05) is 45.0 Å². The molecule has 2 aromatic rings. The van der Waals surface area contributed by atoms with Crippen LogP contribution in [-0.4, -0.2) is 33.7 Å². The molecule has 0 saturated carbocycles. The van der Waals surface area contributed by atoms with Gasteiger partial charge < -0.3 is 16.0 Å². The van der Waals surface area contributed by atoms with Crippen molar-refractivity contribution in [3.8, 4) is 0 Å². The highest BCUT2D eigenvalue weighted by Gasteiger charge is 2.15. The molecular weight excluding hydrogens is 320 g/mol. The first-order valence-electron chi connectivity index (χ1n) is 6.97. The number of nitrogens with two attached hydrogens (primary N) is 1. The number of aromatic amines is 1. The van der Waals surface area contributed by atoms with Gasteiger partial charge in [0.1, 0.15) is 5.82 Å². The van der Waals surface area contributed by atoms with E-state index in [1.165, 1.54) is 0 Å². The molecule has 0 aliphatic carbocycles. The Morgan fingerprint density at radius 2 is 2.14 bits per heavy atom. The van der Waals surface area contributed by atoms with Gasteiger partial charge in [0, 0.05) is 12.1 Å². The third-order valence-electron chi connectivity index (χ3n) is 3.00. The number of rotatable bonds is 6. The smallest absolute Gasteiger partial charge is 0.230 e. The predicted molar refractivity (Wildman–Crippen MR) is 95.5 cm³/mol. The van der Waals surface area contributed by atoms with Crippen LogP contribution in [0.15, 0.2) is 24.3 Å². The number of nitrogens with zero attached hydrogens (tertiary/aromatic N) is 1. The van der Waals surface area contributed by atoms with E-state index in [9.17, 15) is 4.79 Å². The first-order chi connectivity index (χ1) is 9.85. The maximum Gasteiger partial charge on any atom is 0.230 e. The first kappa shape index (κ1) is 18.8. The second-order valence-electron chi connectivity index (χ2n) is 5.86. The van der Waals surface area contributed by atoms with Crippen molar-refractivity contribution in [3.63, 3.8) is 0 Å². The van der Waals surface area contributed by atoms with Crippen molar-refractivity contribution in [1.29, 1.82) is 0 Å². The molecule has 0 saturated heterocycles. The molecule has 0 bridgehead atoms. The number of aromatic nitrogens is 2. The summed E-state index contributed by atoms with van der Waals surface area (Å²) in [5.41, 5.74) is 7.43. The number of fused-ring (bicyclic) bond motifs is 1. The summed E-state index contributed by atoms with van der Waals surface area (Å²) in [6.07, 6.45) is 0. The Morgan fingerprint density at radius 1 is 1.45 bits per heavy atom. The molecule has 1 atom stereocenters. The zero-order valence-electron chi connectivity index (χ0n) is 13.1. The van der Waals surface area contributed by atoms with Crippen LogP contribution in [0.25, 0.3) is 11.0 Å². The molecule has 1 heterocycles. The maximum atomic E-state index is 11.8. The van der Waals surface area contributed by atoms with Gasteiger partial charge >= 0.3 is 0 Å². The number of halogens is 1. The Hall–Kier alpha value is -1.24. The van der Waals surface area contributed by atoms with Crippen LogP contribution in [-0.2, 0) is 4.79 Å². The van der Waals surface area contributed by atoms with Gasteiger partial charge in [0.05, 0.1) is 22.0 Å². The van der Waals surface area contributed by atoms with Gasteiger partial charge in [-0.15, -0.1) is 24.2 Å². The topological polar surface area (TPSA) is 83.8 Å². The molecule has 0 fully saturated rings. The van der Waals surface area contributed by atoms with Crippen LogP contribution in [0, 0.1) is 0 Å². The van der Waals surface area contributed by atoms with Gasteiger partial charge in [0.2, 0.25) is 5.91 Å². The summed E-state index contributed by atoms with van der Waals surface area (Å²) in [5, 5.41) is 2.97. The molecule has 1 amide bonds. The Kier molecular flexibility index (Phi) is 6.71. The lowest BCUT2D eigenvalue weighted by atomic mass is 10.1. The maximum absolute atomic E-state index is 11.8. The van der Waals surface area contributed by atoms with E-state index in [0.717, 1.165) is 16.9 Å². The monoisotopic (exact) mass is 342 g/mol.